The summed E-state index contributed by atoms with van der Waals surface area (Å²) in [4.78, 5) is 18.5. The van der Waals surface area contributed by atoms with Gasteiger partial charge in [-0.1, -0.05) is 18.2 Å². The summed E-state index contributed by atoms with van der Waals surface area (Å²) in [6.07, 6.45) is 1.09. The fraction of sp³-hybridized carbons (Fsp3) is 0.0588. The van der Waals surface area contributed by atoms with E-state index in [0.29, 0.717) is 5.69 Å². The van der Waals surface area contributed by atoms with Crippen LogP contribution in [0.25, 0.3) is 0 Å². The van der Waals surface area contributed by atoms with E-state index in [2.05, 4.69) is 20.6 Å². The lowest BCUT2D eigenvalue weighted by Gasteiger charge is -2.12. The van der Waals surface area contributed by atoms with Crippen LogP contribution in [0.3, 0.4) is 0 Å². The van der Waals surface area contributed by atoms with Crippen LogP contribution in [0.5, 0.6) is 0 Å². The first-order chi connectivity index (χ1) is 12.5. The molecule has 0 atom stereocenters. The third-order valence-corrected chi connectivity index (χ3v) is 3.58. The van der Waals surface area contributed by atoms with Gasteiger partial charge in [-0.25, -0.2) is 18.7 Å². The van der Waals surface area contributed by atoms with Gasteiger partial charge in [0.15, 0.2) is 0 Å². The molecular formula is C17H13F2N5O2. The van der Waals surface area contributed by atoms with E-state index in [1.54, 1.807) is 12.1 Å². The summed E-state index contributed by atoms with van der Waals surface area (Å²) < 4.78 is 27.2. The van der Waals surface area contributed by atoms with E-state index in [0.717, 1.165) is 30.1 Å². The second-order valence-electron chi connectivity index (χ2n) is 5.37. The van der Waals surface area contributed by atoms with Crippen molar-refractivity contribution >= 4 is 28.7 Å². The van der Waals surface area contributed by atoms with Gasteiger partial charge in [0.2, 0.25) is 11.6 Å². The Morgan fingerprint density at radius 2 is 1.65 bits per heavy atom. The largest absolute Gasteiger partial charge is 0.353 e. The van der Waals surface area contributed by atoms with Crippen molar-refractivity contribution < 1.29 is 13.7 Å². The summed E-state index contributed by atoms with van der Waals surface area (Å²) in [6.45, 7) is 1.83. The molecule has 26 heavy (non-hydrogen) atoms. The predicted molar refractivity (Wildman–Crippen MR) is 92.8 cm³/mol. The Bertz CT molecular complexity index is 981. The van der Waals surface area contributed by atoms with Crippen LogP contribution in [0, 0.1) is 28.7 Å². The Balaban J connectivity index is 2.03. The molecule has 2 N–H and O–H groups in total. The normalized spacial score (nSPS) is 10.4. The van der Waals surface area contributed by atoms with Crippen LogP contribution in [-0.2, 0) is 0 Å². The quantitative estimate of drug-likeness (QED) is 0.517. The molecule has 0 aliphatic carbocycles. The monoisotopic (exact) mass is 357 g/mol. The second kappa shape index (κ2) is 7.09. The molecule has 0 saturated heterocycles. The Morgan fingerprint density at radius 1 is 1.00 bits per heavy atom. The zero-order chi connectivity index (χ0) is 18.7. The number of aromatic nitrogens is 2. The molecule has 3 aromatic rings. The average molecular weight is 357 g/mol. The van der Waals surface area contributed by atoms with Crippen molar-refractivity contribution in [2.24, 2.45) is 0 Å². The summed E-state index contributed by atoms with van der Waals surface area (Å²) in [6, 6.07) is 9.91. The maximum absolute atomic E-state index is 13.8. The molecular weight excluding hydrogens is 344 g/mol. The van der Waals surface area contributed by atoms with Crippen LogP contribution in [-0.4, -0.2) is 14.9 Å². The number of anilines is 4. The number of nitro groups is 1. The minimum absolute atomic E-state index is 0.0707. The highest BCUT2D eigenvalue weighted by atomic mass is 19.1. The number of para-hydroxylation sites is 1. The van der Waals surface area contributed by atoms with E-state index in [1.807, 2.05) is 19.1 Å². The van der Waals surface area contributed by atoms with Crippen LogP contribution in [0.4, 0.5) is 37.5 Å². The van der Waals surface area contributed by atoms with Gasteiger partial charge in [0, 0.05) is 11.8 Å². The van der Waals surface area contributed by atoms with E-state index >= 15 is 0 Å². The van der Waals surface area contributed by atoms with Crippen molar-refractivity contribution in [2.75, 3.05) is 10.6 Å². The first-order valence-corrected chi connectivity index (χ1v) is 7.50. The molecule has 0 radical (unpaired) electrons. The fourth-order valence-corrected chi connectivity index (χ4v) is 2.30. The SMILES string of the molecule is Cc1ccccc1Nc1ncnc(Nc2cc(F)ccc2F)c1[N+](=O)[O-]. The molecule has 7 nitrogen and oxygen atoms in total. The lowest BCUT2D eigenvalue weighted by molar-refractivity contribution is -0.383. The highest BCUT2D eigenvalue weighted by Gasteiger charge is 2.24. The van der Waals surface area contributed by atoms with Crippen molar-refractivity contribution in [3.05, 3.63) is 76.1 Å². The van der Waals surface area contributed by atoms with Gasteiger partial charge < -0.3 is 10.6 Å². The maximum Gasteiger partial charge on any atom is 0.353 e. The number of hydrogen-bond acceptors (Lipinski definition) is 6. The van der Waals surface area contributed by atoms with Crippen LogP contribution in [0.2, 0.25) is 0 Å². The molecule has 1 aromatic heterocycles. The predicted octanol–water partition coefficient (Wildman–Crippen LogP) is 4.46. The van der Waals surface area contributed by atoms with E-state index in [-0.39, 0.29) is 17.3 Å². The highest BCUT2D eigenvalue weighted by molar-refractivity contribution is 5.77. The lowest BCUT2D eigenvalue weighted by Crippen LogP contribution is -2.06. The summed E-state index contributed by atoms with van der Waals surface area (Å²) in [5.74, 6) is -1.79. The van der Waals surface area contributed by atoms with Gasteiger partial charge in [0.25, 0.3) is 0 Å². The van der Waals surface area contributed by atoms with Crippen molar-refractivity contribution in [3.63, 3.8) is 0 Å². The van der Waals surface area contributed by atoms with Crippen molar-refractivity contribution in [3.8, 4) is 0 Å². The highest BCUT2D eigenvalue weighted by Crippen LogP contribution is 2.34. The van der Waals surface area contributed by atoms with Gasteiger partial charge >= 0.3 is 5.69 Å². The van der Waals surface area contributed by atoms with E-state index in [9.17, 15) is 18.9 Å². The van der Waals surface area contributed by atoms with Crippen LogP contribution < -0.4 is 10.6 Å². The maximum atomic E-state index is 13.8. The van der Waals surface area contributed by atoms with Crippen molar-refractivity contribution in [1.82, 2.24) is 9.97 Å². The molecule has 0 saturated carbocycles. The first kappa shape index (κ1) is 17.2. The first-order valence-electron chi connectivity index (χ1n) is 7.50. The van der Waals surface area contributed by atoms with Crippen LogP contribution >= 0.6 is 0 Å². The van der Waals surface area contributed by atoms with Gasteiger partial charge in [-0.05, 0) is 30.7 Å². The zero-order valence-corrected chi connectivity index (χ0v) is 13.5. The minimum atomic E-state index is -0.771. The molecule has 9 heteroatoms. The zero-order valence-electron chi connectivity index (χ0n) is 13.5. The van der Waals surface area contributed by atoms with Crippen LogP contribution in [0.1, 0.15) is 5.56 Å². The number of nitrogens with zero attached hydrogens (tertiary/aromatic N) is 3. The summed E-state index contributed by atoms with van der Waals surface area (Å²) in [5, 5.41) is 16.9. The molecule has 0 aliphatic heterocycles. The van der Waals surface area contributed by atoms with Crippen molar-refractivity contribution in [2.45, 2.75) is 6.92 Å². The van der Waals surface area contributed by atoms with Gasteiger partial charge in [-0.15, -0.1) is 0 Å². The molecule has 0 amide bonds. The molecule has 3 rings (SSSR count). The van der Waals surface area contributed by atoms with E-state index in [1.165, 1.54) is 0 Å². The molecule has 0 spiro atoms. The Kier molecular flexibility index (Phi) is 4.70. The minimum Gasteiger partial charge on any atom is -0.334 e. The summed E-state index contributed by atoms with van der Waals surface area (Å²) in [7, 11) is 0. The summed E-state index contributed by atoms with van der Waals surface area (Å²) >= 11 is 0. The molecule has 1 heterocycles. The average Bonchev–Trinajstić information content (AvgIpc) is 2.60. The number of halogens is 2. The molecule has 0 fully saturated rings. The van der Waals surface area contributed by atoms with Crippen molar-refractivity contribution in [1.29, 1.82) is 0 Å². The molecule has 0 aliphatic rings. The van der Waals surface area contributed by atoms with E-state index in [4.69, 9.17) is 0 Å². The molecule has 0 bridgehead atoms. The van der Waals surface area contributed by atoms with Crippen LogP contribution in [0.15, 0.2) is 48.8 Å². The lowest BCUT2D eigenvalue weighted by atomic mass is 10.2. The number of hydrogen-bond donors (Lipinski definition) is 2. The number of rotatable bonds is 5. The van der Waals surface area contributed by atoms with Gasteiger partial charge in [-0.3, -0.25) is 10.1 Å². The summed E-state index contributed by atoms with van der Waals surface area (Å²) in [5.41, 5.74) is 0.719. The third-order valence-electron chi connectivity index (χ3n) is 3.58. The van der Waals surface area contributed by atoms with Gasteiger partial charge in [0.05, 0.1) is 10.6 Å². The molecule has 0 unspecified atom stereocenters. The van der Waals surface area contributed by atoms with E-state index < -0.39 is 22.2 Å². The molecule has 2 aromatic carbocycles. The number of aryl methyl sites for hydroxylation is 1. The smallest absolute Gasteiger partial charge is 0.334 e. The fourth-order valence-electron chi connectivity index (χ4n) is 2.30. The Hall–Kier alpha value is -3.62. The number of nitrogens with one attached hydrogen (secondary N) is 2. The van der Waals surface area contributed by atoms with Gasteiger partial charge in [-0.2, -0.15) is 0 Å². The standard InChI is InChI=1S/C17H13F2N5O2/c1-10-4-2-3-5-13(10)22-16-15(24(25)26)17(21-9-20-16)23-14-8-11(18)6-7-12(14)19/h2-9H,1H3,(H2,20,21,22,23). The molecule has 132 valence electrons. The van der Waals surface area contributed by atoms with Gasteiger partial charge in [0.1, 0.15) is 18.0 Å². The Morgan fingerprint density at radius 3 is 2.31 bits per heavy atom. The second-order valence-corrected chi connectivity index (χ2v) is 5.37. The topological polar surface area (TPSA) is 93.0 Å². The Labute approximate surface area is 146 Å². The third kappa shape index (κ3) is 3.56. The number of benzene rings is 2.